The first-order chi connectivity index (χ1) is 9.29. The summed E-state index contributed by atoms with van der Waals surface area (Å²) in [6.45, 7) is 2.40. The Hall–Kier alpha value is -1.76. The van der Waals surface area contributed by atoms with E-state index in [1.165, 1.54) is 0 Å². The first kappa shape index (κ1) is 14.6. The van der Waals surface area contributed by atoms with E-state index in [0.29, 0.717) is 26.2 Å². The van der Waals surface area contributed by atoms with Crippen molar-refractivity contribution >= 4 is 11.7 Å². The molecular formula is C13H15F3N2O2. The molecule has 0 radical (unpaired) electrons. The van der Waals surface area contributed by atoms with E-state index in [1.807, 2.05) is 11.9 Å². The van der Waals surface area contributed by atoms with E-state index in [9.17, 15) is 18.0 Å². The summed E-state index contributed by atoms with van der Waals surface area (Å²) in [5.41, 5.74) is -0.778. The zero-order chi connectivity index (χ0) is 14.9. The number of aromatic carboxylic acids is 1. The maximum atomic E-state index is 12.8. The van der Waals surface area contributed by atoms with Crippen LogP contribution in [0.3, 0.4) is 0 Å². The molecular weight excluding hydrogens is 273 g/mol. The quantitative estimate of drug-likeness (QED) is 0.905. The van der Waals surface area contributed by atoms with Crippen LogP contribution in [0, 0.1) is 0 Å². The molecule has 4 nitrogen and oxygen atoms in total. The second kappa shape index (κ2) is 5.32. The Morgan fingerprint density at radius 2 is 1.80 bits per heavy atom. The molecule has 0 bridgehead atoms. The Bertz CT molecular complexity index is 509. The minimum atomic E-state index is -4.47. The van der Waals surface area contributed by atoms with E-state index < -0.39 is 17.7 Å². The predicted octanol–water partition coefficient (Wildman–Crippen LogP) is 2.16. The Morgan fingerprint density at radius 1 is 1.20 bits per heavy atom. The fourth-order valence-electron chi connectivity index (χ4n) is 2.20. The smallest absolute Gasteiger partial charge is 0.416 e. The molecule has 2 rings (SSSR count). The third-order valence-electron chi connectivity index (χ3n) is 3.40. The minimum Gasteiger partial charge on any atom is -0.478 e. The van der Waals surface area contributed by atoms with E-state index in [4.69, 9.17) is 5.11 Å². The highest BCUT2D eigenvalue weighted by Gasteiger charge is 2.32. The Morgan fingerprint density at radius 3 is 2.30 bits per heavy atom. The lowest BCUT2D eigenvalue weighted by atomic mass is 10.1. The first-order valence-corrected chi connectivity index (χ1v) is 6.17. The zero-order valence-electron chi connectivity index (χ0n) is 10.9. The van der Waals surface area contributed by atoms with Crippen molar-refractivity contribution in [3.05, 3.63) is 29.3 Å². The van der Waals surface area contributed by atoms with E-state index in [1.54, 1.807) is 4.90 Å². The molecule has 0 saturated carbocycles. The van der Waals surface area contributed by atoms with Crippen LogP contribution < -0.4 is 4.90 Å². The second-order valence-electron chi connectivity index (χ2n) is 4.83. The third kappa shape index (κ3) is 3.04. The highest BCUT2D eigenvalue weighted by atomic mass is 19.4. The summed E-state index contributed by atoms with van der Waals surface area (Å²) in [6.07, 6.45) is -4.47. The Labute approximate surface area is 114 Å². The molecule has 0 aliphatic carbocycles. The number of carboxylic acids is 1. The van der Waals surface area contributed by atoms with Crippen LogP contribution in [0.4, 0.5) is 18.9 Å². The summed E-state index contributed by atoms with van der Waals surface area (Å²) in [6, 6.07) is 2.76. The van der Waals surface area contributed by atoms with Crippen molar-refractivity contribution in [3.63, 3.8) is 0 Å². The van der Waals surface area contributed by atoms with Crippen LogP contribution in [0.25, 0.3) is 0 Å². The lowest BCUT2D eigenvalue weighted by Gasteiger charge is -2.35. The highest BCUT2D eigenvalue weighted by molar-refractivity contribution is 5.94. The van der Waals surface area contributed by atoms with Gasteiger partial charge in [0.05, 0.1) is 16.8 Å². The number of benzene rings is 1. The average Bonchev–Trinajstić information content (AvgIpc) is 2.37. The fourth-order valence-corrected chi connectivity index (χ4v) is 2.20. The van der Waals surface area contributed by atoms with Crippen LogP contribution in [0.5, 0.6) is 0 Å². The number of hydrogen-bond acceptors (Lipinski definition) is 3. The predicted molar refractivity (Wildman–Crippen MR) is 68.1 cm³/mol. The standard InChI is InChI=1S/C13H15F3N2O2/c1-17-4-6-18(7-5-17)11-8-9(13(14,15)16)2-3-10(11)12(19)20/h2-3,8H,4-7H2,1H3,(H,19,20). The molecule has 1 aliphatic heterocycles. The topological polar surface area (TPSA) is 43.8 Å². The summed E-state index contributed by atoms with van der Waals surface area (Å²) < 4.78 is 38.3. The van der Waals surface area contributed by atoms with Gasteiger partial charge in [-0.2, -0.15) is 13.2 Å². The van der Waals surface area contributed by atoms with Gasteiger partial charge in [-0.1, -0.05) is 0 Å². The lowest BCUT2D eigenvalue weighted by Crippen LogP contribution is -2.45. The van der Waals surface area contributed by atoms with Gasteiger partial charge in [-0.15, -0.1) is 0 Å². The number of halogens is 3. The monoisotopic (exact) mass is 288 g/mol. The van der Waals surface area contributed by atoms with Crippen molar-refractivity contribution < 1.29 is 23.1 Å². The summed E-state index contributed by atoms with van der Waals surface area (Å²) >= 11 is 0. The molecule has 0 atom stereocenters. The van der Waals surface area contributed by atoms with Crippen molar-refractivity contribution in [1.82, 2.24) is 4.90 Å². The van der Waals surface area contributed by atoms with E-state index in [0.717, 1.165) is 18.2 Å². The molecule has 0 amide bonds. The molecule has 1 aromatic carbocycles. The van der Waals surface area contributed by atoms with Crippen molar-refractivity contribution in [2.45, 2.75) is 6.18 Å². The van der Waals surface area contributed by atoms with Crippen molar-refractivity contribution in [2.24, 2.45) is 0 Å². The fraction of sp³-hybridized carbons (Fsp3) is 0.462. The molecule has 1 heterocycles. The number of likely N-dealkylation sites (N-methyl/N-ethyl adjacent to an activating group) is 1. The van der Waals surface area contributed by atoms with Gasteiger partial charge in [0.1, 0.15) is 0 Å². The molecule has 7 heteroatoms. The number of alkyl halides is 3. The summed E-state index contributed by atoms with van der Waals surface area (Å²) in [5, 5.41) is 9.12. The molecule has 0 aromatic heterocycles. The van der Waals surface area contributed by atoms with E-state index >= 15 is 0 Å². The minimum absolute atomic E-state index is 0.0949. The van der Waals surface area contributed by atoms with Gasteiger partial charge in [0.25, 0.3) is 0 Å². The van der Waals surface area contributed by atoms with Crippen LogP contribution >= 0.6 is 0 Å². The molecule has 0 spiro atoms. The van der Waals surface area contributed by atoms with Crippen LogP contribution in [0.1, 0.15) is 15.9 Å². The van der Waals surface area contributed by atoms with Crippen LogP contribution in [0.2, 0.25) is 0 Å². The van der Waals surface area contributed by atoms with Gasteiger partial charge in [0.15, 0.2) is 0 Å². The average molecular weight is 288 g/mol. The highest BCUT2D eigenvalue weighted by Crippen LogP contribution is 2.33. The number of nitrogens with zero attached hydrogens (tertiary/aromatic N) is 2. The molecule has 110 valence electrons. The van der Waals surface area contributed by atoms with Crippen molar-refractivity contribution in [2.75, 3.05) is 38.1 Å². The van der Waals surface area contributed by atoms with Crippen molar-refractivity contribution in [3.8, 4) is 0 Å². The van der Waals surface area contributed by atoms with Gasteiger partial charge >= 0.3 is 12.1 Å². The van der Waals surface area contributed by atoms with Crippen LogP contribution in [0.15, 0.2) is 18.2 Å². The third-order valence-corrected chi connectivity index (χ3v) is 3.40. The van der Waals surface area contributed by atoms with Gasteiger partial charge in [0, 0.05) is 26.2 Å². The molecule has 1 saturated heterocycles. The van der Waals surface area contributed by atoms with Gasteiger partial charge in [-0.3, -0.25) is 0 Å². The number of piperazine rings is 1. The maximum absolute atomic E-state index is 12.8. The molecule has 1 N–H and O–H groups in total. The number of anilines is 1. The maximum Gasteiger partial charge on any atom is 0.416 e. The Balaban J connectivity index is 2.39. The van der Waals surface area contributed by atoms with Gasteiger partial charge in [0.2, 0.25) is 0 Å². The van der Waals surface area contributed by atoms with Crippen LogP contribution in [-0.2, 0) is 6.18 Å². The summed E-state index contributed by atoms with van der Waals surface area (Å²) in [4.78, 5) is 14.9. The molecule has 1 fully saturated rings. The van der Waals surface area contributed by atoms with E-state index in [2.05, 4.69) is 0 Å². The first-order valence-electron chi connectivity index (χ1n) is 6.17. The lowest BCUT2D eigenvalue weighted by molar-refractivity contribution is -0.137. The van der Waals surface area contributed by atoms with Crippen molar-refractivity contribution in [1.29, 1.82) is 0 Å². The van der Waals surface area contributed by atoms with Gasteiger partial charge in [-0.05, 0) is 25.2 Å². The normalized spacial score (nSPS) is 17.3. The number of carbonyl (C=O) groups is 1. The molecule has 0 unspecified atom stereocenters. The van der Waals surface area contributed by atoms with Crippen LogP contribution in [-0.4, -0.2) is 49.2 Å². The number of hydrogen-bond donors (Lipinski definition) is 1. The Kier molecular flexibility index (Phi) is 3.89. The van der Waals surface area contributed by atoms with Gasteiger partial charge in [-0.25, -0.2) is 4.79 Å². The van der Waals surface area contributed by atoms with E-state index in [-0.39, 0.29) is 11.3 Å². The number of carboxylic acid groups (broad SMARTS) is 1. The number of rotatable bonds is 2. The zero-order valence-corrected chi connectivity index (χ0v) is 10.9. The molecule has 20 heavy (non-hydrogen) atoms. The summed E-state index contributed by atoms with van der Waals surface area (Å²) in [7, 11) is 1.92. The largest absolute Gasteiger partial charge is 0.478 e. The molecule has 1 aliphatic rings. The second-order valence-corrected chi connectivity index (χ2v) is 4.83. The SMILES string of the molecule is CN1CCN(c2cc(C(F)(F)F)ccc2C(=O)O)CC1. The molecule has 1 aromatic rings. The van der Waals surface area contributed by atoms with Gasteiger partial charge < -0.3 is 14.9 Å². The summed E-state index contributed by atoms with van der Waals surface area (Å²) in [5.74, 6) is -1.22.